The van der Waals surface area contributed by atoms with Crippen molar-refractivity contribution < 1.29 is 0 Å². The standard InChI is InChI=1S/C45H27N7/c1-2-12-32(13-3-1)51-39-16-6-4-14-33(39)35-20-21-36-34-15-5-7-17-40(34)52(42(36)41(35)51)45-49-43(30-18-22-37-28(26-30)10-8-24-46-37)48-44(50-45)31-19-23-38-29(27-31)11-9-25-47-38/h1-27H. The van der Waals surface area contributed by atoms with Crippen LogP contribution in [0.5, 0.6) is 0 Å². The molecule has 0 atom stereocenters. The van der Waals surface area contributed by atoms with Crippen LogP contribution < -0.4 is 0 Å². The average Bonchev–Trinajstić information content (AvgIpc) is 3.74. The Morgan fingerprint density at radius 3 is 1.50 bits per heavy atom. The summed E-state index contributed by atoms with van der Waals surface area (Å²) in [7, 11) is 0. The molecule has 0 unspecified atom stereocenters. The van der Waals surface area contributed by atoms with Crippen LogP contribution in [-0.2, 0) is 0 Å². The fraction of sp³-hybridized carbons (Fsp3) is 0. The van der Waals surface area contributed by atoms with Crippen molar-refractivity contribution in [3.63, 3.8) is 0 Å². The first-order chi connectivity index (χ1) is 25.8. The van der Waals surface area contributed by atoms with Gasteiger partial charge in [-0.1, -0.05) is 78.9 Å². The van der Waals surface area contributed by atoms with Gasteiger partial charge in [0, 0.05) is 61.5 Å². The Balaban J connectivity index is 1.28. The molecular formula is C45H27N7. The minimum Gasteiger partial charge on any atom is -0.307 e. The van der Waals surface area contributed by atoms with Gasteiger partial charge in [-0.3, -0.25) is 14.5 Å². The van der Waals surface area contributed by atoms with Crippen LogP contribution in [0.4, 0.5) is 0 Å². The fourth-order valence-electron chi connectivity index (χ4n) is 7.71. The van der Waals surface area contributed by atoms with Gasteiger partial charge in [0.15, 0.2) is 11.6 Å². The molecule has 7 nitrogen and oxygen atoms in total. The number of hydrogen-bond acceptors (Lipinski definition) is 5. The third kappa shape index (κ3) is 4.29. The Bertz CT molecular complexity index is 3100. The highest BCUT2D eigenvalue weighted by Crippen LogP contribution is 2.41. The van der Waals surface area contributed by atoms with E-state index < -0.39 is 0 Å². The Hall–Kier alpha value is -7.25. The average molecular weight is 666 g/mol. The molecule has 242 valence electrons. The van der Waals surface area contributed by atoms with E-state index >= 15 is 0 Å². The number of aromatic nitrogens is 7. The van der Waals surface area contributed by atoms with Crippen molar-refractivity contribution in [1.29, 1.82) is 0 Å². The summed E-state index contributed by atoms with van der Waals surface area (Å²) >= 11 is 0. The summed E-state index contributed by atoms with van der Waals surface area (Å²) in [4.78, 5) is 24.8. The first-order valence-electron chi connectivity index (χ1n) is 17.3. The van der Waals surface area contributed by atoms with E-state index in [4.69, 9.17) is 15.0 Å². The molecule has 0 aliphatic heterocycles. The molecule has 0 saturated heterocycles. The largest absolute Gasteiger partial charge is 0.307 e. The lowest BCUT2D eigenvalue weighted by Gasteiger charge is -2.13. The second-order valence-electron chi connectivity index (χ2n) is 13.0. The van der Waals surface area contributed by atoms with Crippen molar-refractivity contribution in [3.8, 4) is 34.4 Å². The van der Waals surface area contributed by atoms with E-state index in [0.29, 0.717) is 17.6 Å². The number of pyridine rings is 2. The number of benzene rings is 6. The maximum Gasteiger partial charge on any atom is 0.238 e. The molecule has 7 heteroatoms. The third-order valence-electron chi connectivity index (χ3n) is 10.0. The predicted molar refractivity (Wildman–Crippen MR) is 210 cm³/mol. The monoisotopic (exact) mass is 665 g/mol. The zero-order valence-electron chi connectivity index (χ0n) is 27.7. The topological polar surface area (TPSA) is 74.3 Å². The van der Waals surface area contributed by atoms with E-state index in [1.54, 1.807) is 0 Å². The van der Waals surface area contributed by atoms with Gasteiger partial charge in [0.05, 0.1) is 33.1 Å². The van der Waals surface area contributed by atoms with Crippen molar-refractivity contribution in [3.05, 3.63) is 164 Å². The minimum absolute atomic E-state index is 0.543. The number of fused-ring (bicyclic) bond motifs is 9. The molecule has 0 N–H and O–H groups in total. The molecule has 11 aromatic rings. The molecule has 0 bridgehead atoms. The summed E-state index contributed by atoms with van der Waals surface area (Å²) < 4.78 is 4.60. The molecule has 0 aliphatic rings. The number of hydrogen-bond donors (Lipinski definition) is 0. The van der Waals surface area contributed by atoms with Crippen LogP contribution in [0.2, 0.25) is 0 Å². The van der Waals surface area contributed by atoms with Gasteiger partial charge in [-0.15, -0.1) is 0 Å². The van der Waals surface area contributed by atoms with E-state index in [1.807, 2.05) is 48.8 Å². The Labute approximate surface area is 297 Å². The van der Waals surface area contributed by atoms with E-state index in [0.717, 1.165) is 76.8 Å². The van der Waals surface area contributed by atoms with Crippen molar-refractivity contribution in [2.24, 2.45) is 0 Å². The van der Waals surface area contributed by atoms with Crippen LogP contribution in [0, 0.1) is 0 Å². The maximum absolute atomic E-state index is 5.30. The summed E-state index contributed by atoms with van der Waals surface area (Å²) in [6.45, 7) is 0. The zero-order valence-corrected chi connectivity index (χ0v) is 27.7. The van der Waals surface area contributed by atoms with Crippen molar-refractivity contribution >= 4 is 65.4 Å². The summed E-state index contributed by atoms with van der Waals surface area (Å²) in [6, 6.07) is 52.6. The van der Waals surface area contributed by atoms with Gasteiger partial charge in [0.25, 0.3) is 0 Å². The lowest BCUT2D eigenvalue weighted by atomic mass is 10.1. The maximum atomic E-state index is 5.30. The fourth-order valence-corrected chi connectivity index (χ4v) is 7.71. The van der Waals surface area contributed by atoms with Crippen LogP contribution >= 0.6 is 0 Å². The Morgan fingerprint density at radius 1 is 0.385 bits per heavy atom. The predicted octanol–water partition coefficient (Wildman–Crippen LogP) is 10.5. The van der Waals surface area contributed by atoms with E-state index in [-0.39, 0.29) is 0 Å². The van der Waals surface area contributed by atoms with Gasteiger partial charge in [0.2, 0.25) is 5.95 Å². The van der Waals surface area contributed by atoms with Crippen LogP contribution in [0.3, 0.4) is 0 Å². The first kappa shape index (κ1) is 28.6. The smallest absolute Gasteiger partial charge is 0.238 e. The number of nitrogens with zero attached hydrogens (tertiary/aromatic N) is 7. The van der Waals surface area contributed by atoms with Crippen molar-refractivity contribution in [2.45, 2.75) is 0 Å². The lowest BCUT2D eigenvalue weighted by Crippen LogP contribution is -2.07. The highest BCUT2D eigenvalue weighted by Gasteiger charge is 2.23. The van der Waals surface area contributed by atoms with Gasteiger partial charge < -0.3 is 4.57 Å². The quantitative estimate of drug-likeness (QED) is 0.187. The van der Waals surface area contributed by atoms with Gasteiger partial charge in [-0.25, -0.2) is 4.98 Å². The molecule has 5 heterocycles. The second kappa shape index (κ2) is 11.1. The number of para-hydroxylation sites is 3. The molecule has 52 heavy (non-hydrogen) atoms. The molecule has 6 aromatic carbocycles. The molecular weight excluding hydrogens is 639 g/mol. The first-order valence-corrected chi connectivity index (χ1v) is 17.3. The van der Waals surface area contributed by atoms with Crippen LogP contribution in [0.25, 0.3) is 99.8 Å². The van der Waals surface area contributed by atoms with Crippen molar-refractivity contribution in [2.75, 3.05) is 0 Å². The van der Waals surface area contributed by atoms with Gasteiger partial charge in [-0.05, 0) is 72.8 Å². The van der Waals surface area contributed by atoms with E-state index in [2.05, 4.69) is 134 Å². The van der Waals surface area contributed by atoms with E-state index in [9.17, 15) is 0 Å². The number of rotatable bonds is 4. The highest BCUT2D eigenvalue weighted by atomic mass is 15.2. The summed E-state index contributed by atoms with van der Waals surface area (Å²) in [5.74, 6) is 1.71. The molecule has 0 radical (unpaired) electrons. The second-order valence-corrected chi connectivity index (χ2v) is 13.0. The van der Waals surface area contributed by atoms with Gasteiger partial charge in [-0.2, -0.15) is 9.97 Å². The van der Waals surface area contributed by atoms with Crippen LogP contribution in [0.1, 0.15) is 0 Å². The lowest BCUT2D eigenvalue weighted by molar-refractivity contribution is 0.954. The summed E-state index contributed by atoms with van der Waals surface area (Å²) in [6.07, 6.45) is 3.63. The molecule has 0 saturated carbocycles. The molecule has 0 amide bonds. The minimum atomic E-state index is 0.543. The normalized spacial score (nSPS) is 11.8. The van der Waals surface area contributed by atoms with Crippen molar-refractivity contribution in [1.82, 2.24) is 34.1 Å². The summed E-state index contributed by atoms with van der Waals surface area (Å²) in [5.41, 5.74) is 8.98. The molecule has 0 spiro atoms. The van der Waals surface area contributed by atoms with Crippen LogP contribution in [0.15, 0.2) is 164 Å². The highest BCUT2D eigenvalue weighted by molar-refractivity contribution is 6.23. The summed E-state index contributed by atoms with van der Waals surface area (Å²) in [5, 5.41) is 6.64. The third-order valence-corrected chi connectivity index (χ3v) is 10.0. The van der Waals surface area contributed by atoms with E-state index in [1.165, 1.54) is 5.39 Å². The Morgan fingerprint density at radius 2 is 0.904 bits per heavy atom. The van der Waals surface area contributed by atoms with Gasteiger partial charge >= 0.3 is 0 Å². The SMILES string of the molecule is c1ccc(-n2c3ccccc3c3ccc4c5ccccc5n(-c5nc(-c6ccc7ncccc7c6)nc(-c6ccc7ncccc7c6)n5)c4c32)cc1. The molecule has 0 fully saturated rings. The molecule has 11 rings (SSSR count). The molecule has 0 aliphatic carbocycles. The molecule has 5 aromatic heterocycles. The van der Waals surface area contributed by atoms with Crippen LogP contribution in [-0.4, -0.2) is 34.1 Å². The zero-order chi connectivity index (χ0) is 34.2. The Kier molecular flexibility index (Phi) is 6.12. The van der Waals surface area contributed by atoms with Gasteiger partial charge in [0.1, 0.15) is 0 Å².